The van der Waals surface area contributed by atoms with Crippen LogP contribution in [0.25, 0.3) is 0 Å². The lowest BCUT2D eigenvalue weighted by atomic mass is 10.3. The van der Waals surface area contributed by atoms with Gasteiger partial charge in [-0.2, -0.15) is 0 Å². The van der Waals surface area contributed by atoms with Gasteiger partial charge >= 0.3 is 5.97 Å². The largest absolute Gasteiger partial charge is 0.480 e. The number of thioether (sulfide) groups is 1. The summed E-state index contributed by atoms with van der Waals surface area (Å²) in [5.41, 5.74) is 5.45. The number of aromatic nitrogens is 1. The van der Waals surface area contributed by atoms with Crippen LogP contribution in [-0.2, 0) is 4.79 Å². The third-order valence-electron chi connectivity index (χ3n) is 2.32. The Hall–Kier alpha value is -1.23. The number of pyridine rings is 1. The standard InChI is InChI=1S/C10H12N2O2S/c11-8-4-3-7(5-12-8)15-9(10(13)14)6-1-2-6/h3-6,9H,1-2H2,(H2,11,12)(H,13,14). The highest BCUT2D eigenvalue weighted by atomic mass is 32.2. The summed E-state index contributed by atoms with van der Waals surface area (Å²) in [6.45, 7) is 0. The van der Waals surface area contributed by atoms with Gasteiger partial charge in [0.2, 0.25) is 0 Å². The van der Waals surface area contributed by atoms with Crippen molar-refractivity contribution in [3.05, 3.63) is 18.3 Å². The molecule has 0 radical (unpaired) electrons. The van der Waals surface area contributed by atoms with Gasteiger partial charge in [-0.25, -0.2) is 4.98 Å². The second-order valence-corrected chi connectivity index (χ2v) is 4.85. The summed E-state index contributed by atoms with van der Waals surface area (Å²) in [6, 6.07) is 3.50. The van der Waals surface area contributed by atoms with E-state index in [4.69, 9.17) is 10.8 Å². The zero-order valence-corrected chi connectivity index (χ0v) is 8.91. The molecular weight excluding hydrogens is 212 g/mol. The van der Waals surface area contributed by atoms with Crippen molar-refractivity contribution in [3.63, 3.8) is 0 Å². The van der Waals surface area contributed by atoms with Gasteiger partial charge in [0.1, 0.15) is 11.1 Å². The molecule has 2 rings (SSSR count). The van der Waals surface area contributed by atoms with E-state index >= 15 is 0 Å². The van der Waals surface area contributed by atoms with E-state index in [1.165, 1.54) is 11.8 Å². The van der Waals surface area contributed by atoms with Crippen LogP contribution in [0.2, 0.25) is 0 Å². The Bertz CT molecular complexity index is 362. The van der Waals surface area contributed by atoms with Crippen molar-refractivity contribution >= 4 is 23.5 Å². The Labute approximate surface area is 91.9 Å². The van der Waals surface area contributed by atoms with Crippen LogP contribution in [0.1, 0.15) is 12.8 Å². The zero-order valence-electron chi connectivity index (χ0n) is 8.09. The number of carboxylic acid groups (broad SMARTS) is 1. The number of carbonyl (C=O) groups is 1. The van der Waals surface area contributed by atoms with Crippen molar-refractivity contribution < 1.29 is 9.90 Å². The number of carboxylic acids is 1. The summed E-state index contributed by atoms with van der Waals surface area (Å²) in [7, 11) is 0. The normalized spacial score (nSPS) is 17.3. The second kappa shape index (κ2) is 4.10. The number of aliphatic carboxylic acids is 1. The monoisotopic (exact) mass is 224 g/mol. The Morgan fingerprint density at radius 3 is 2.80 bits per heavy atom. The van der Waals surface area contributed by atoms with E-state index in [-0.39, 0.29) is 5.25 Å². The summed E-state index contributed by atoms with van der Waals surface area (Å²) in [5.74, 6) is 0.0435. The van der Waals surface area contributed by atoms with Gasteiger partial charge < -0.3 is 10.8 Å². The molecule has 80 valence electrons. The van der Waals surface area contributed by atoms with E-state index in [1.807, 2.05) is 6.07 Å². The highest BCUT2D eigenvalue weighted by Gasteiger charge is 2.36. The van der Waals surface area contributed by atoms with E-state index in [2.05, 4.69) is 4.98 Å². The van der Waals surface area contributed by atoms with Crippen LogP contribution in [0, 0.1) is 5.92 Å². The fraction of sp³-hybridized carbons (Fsp3) is 0.400. The number of anilines is 1. The lowest BCUT2D eigenvalue weighted by Gasteiger charge is -2.09. The summed E-state index contributed by atoms with van der Waals surface area (Å²) in [4.78, 5) is 15.8. The molecule has 1 atom stereocenters. The smallest absolute Gasteiger partial charge is 0.317 e. The van der Waals surface area contributed by atoms with Gasteiger partial charge in [-0.1, -0.05) is 0 Å². The number of nitrogen functional groups attached to an aromatic ring is 1. The predicted octanol–water partition coefficient (Wildman–Crippen LogP) is 1.62. The number of nitrogens with zero attached hydrogens (tertiary/aromatic N) is 1. The highest BCUT2D eigenvalue weighted by molar-refractivity contribution is 8.00. The first-order valence-corrected chi connectivity index (χ1v) is 5.66. The maximum atomic E-state index is 11.0. The molecule has 1 fully saturated rings. The molecule has 1 unspecified atom stereocenters. The van der Waals surface area contributed by atoms with Crippen molar-refractivity contribution in [3.8, 4) is 0 Å². The van der Waals surface area contributed by atoms with Gasteiger partial charge in [0.05, 0.1) is 0 Å². The van der Waals surface area contributed by atoms with Crippen LogP contribution in [0.3, 0.4) is 0 Å². The molecule has 4 nitrogen and oxygen atoms in total. The number of rotatable bonds is 4. The molecule has 1 saturated carbocycles. The first-order chi connectivity index (χ1) is 7.16. The van der Waals surface area contributed by atoms with Crippen LogP contribution in [0.15, 0.2) is 23.2 Å². The molecule has 0 amide bonds. The minimum atomic E-state index is -0.737. The lowest BCUT2D eigenvalue weighted by Crippen LogP contribution is -2.18. The summed E-state index contributed by atoms with van der Waals surface area (Å²) in [6.07, 6.45) is 3.66. The van der Waals surface area contributed by atoms with Gasteiger partial charge in [-0.3, -0.25) is 4.79 Å². The van der Waals surface area contributed by atoms with Crippen LogP contribution in [-0.4, -0.2) is 21.3 Å². The number of hydrogen-bond acceptors (Lipinski definition) is 4. The van der Waals surface area contributed by atoms with Crippen molar-refractivity contribution in [2.24, 2.45) is 5.92 Å². The quantitative estimate of drug-likeness (QED) is 0.760. The first kappa shape index (κ1) is 10.3. The van der Waals surface area contributed by atoms with Gasteiger partial charge in [-0.15, -0.1) is 11.8 Å². The average molecular weight is 224 g/mol. The third-order valence-corrected chi connectivity index (χ3v) is 3.67. The highest BCUT2D eigenvalue weighted by Crippen LogP contribution is 2.41. The molecule has 0 aromatic carbocycles. The predicted molar refractivity (Wildman–Crippen MR) is 58.7 cm³/mol. The van der Waals surface area contributed by atoms with E-state index in [9.17, 15) is 4.79 Å². The van der Waals surface area contributed by atoms with Crippen molar-refractivity contribution in [2.45, 2.75) is 23.0 Å². The molecule has 0 saturated heterocycles. The van der Waals surface area contributed by atoms with E-state index in [0.717, 1.165) is 17.7 Å². The maximum Gasteiger partial charge on any atom is 0.317 e. The van der Waals surface area contributed by atoms with E-state index < -0.39 is 5.97 Å². The first-order valence-electron chi connectivity index (χ1n) is 4.78. The minimum absolute atomic E-state index is 0.324. The minimum Gasteiger partial charge on any atom is -0.480 e. The van der Waals surface area contributed by atoms with Gasteiger partial charge in [0, 0.05) is 11.1 Å². The van der Waals surface area contributed by atoms with E-state index in [0.29, 0.717) is 11.7 Å². The fourth-order valence-corrected chi connectivity index (χ4v) is 2.47. The number of hydrogen-bond donors (Lipinski definition) is 2. The van der Waals surface area contributed by atoms with Crippen LogP contribution in [0.5, 0.6) is 0 Å². The Morgan fingerprint density at radius 1 is 1.60 bits per heavy atom. The Balaban J connectivity index is 2.05. The average Bonchev–Trinajstić information content (AvgIpc) is 3.00. The molecule has 0 spiro atoms. The molecule has 0 aliphatic heterocycles. The van der Waals surface area contributed by atoms with Gasteiger partial charge in [0.25, 0.3) is 0 Å². The maximum absolute atomic E-state index is 11.0. The topological polar surface area (TPSA) is 76.2 Å². The third kappa shape index (κ3) is 2.62. The van der Waals surface area contributed by atoms with Crippen molar-refractivity contribution in [1.29, 1.82) is 0 Å². The van der Waals surface area contributed by atoms with Crippen molar-refractivity contribution in [2.75, 3.05) is 5.73 Å². The number of nitrogens with two attached hydrogens (primary N) is 1. The lowest BCUT2D eigenvalue weighted by molar-refractivity contribution is -0.136. The van der Waals surface area contributed by atoms with Crippen LogP contribution >= 0.6 is 11.8 Å². The SMILES string of the molecule is Nc1ccc(SC(C(=O)O)C2CC2)cn1. The molecule has 1 aliphatic rings. The Morgan fingerprint density at radius 2 is 2.33 bits per heavy atom. The van der Waals surface area contributed by atoms with E-state index in [1.54, 1.807) is 12.3 Å². The van der Waals surface area contributed by atoms with Gasteiger partial charge in [0.15, 0.2) is 0 Å². The fourth-order valence-electron chi connectivity index (χ4n) is 1.36. The summed E-state index contributed by atoms with van der Waals surface area (Å²) >= 11 is 1.36. The van der Waals surface area contributed by atoms with Crippen LogP contribution in [0.4, 0.5) is 5.82 Å². The summed E-state index contributed by atoms with van der Waals surface area (Å²) < 4.78 is 0. The molecule has 0 bridgehead atoms. The van der Waals surface area contributed by atoms with Crippen LogP contribution < -0.4 is 5.73 Å². The van der Waals surface area contributed by atoms with Crippen molar-refractivity contribution in [1.82, 2.24) is 4.98 Å². The zero-order chi connectivity index (χ0) is 10.8. The molecular formula is C10H12N2O2S. The molecule has 1 heterocycles. The molecule has 1 aromatic heterocycles. The second-order valence-electron chi connectivity index (χ2n) is 3.63. The van der Waals surface area contributed by atoms with Gasteiger partial charge in [-0.05, 0) is 30.9 Å². The molecule has 5 heteroatoms. The summed E-state index contributed by atoms with van der Waals surface area (Å²) in [5, 5.41) is 8.70. The molecule has 3 N–H and O–H groups in total. The molecule has 15 heavy (non-hydrogen) atoms. The molecule has 1 aromatic rings. The Kier molecular flexibility index (Phi) is 2.81. The molecule has 1 aliphatic carbocycles.